The number of benzene rings is 3. The number of allylic oxidation sites excluding steroid dienone is 4. The minimum Gasteiger partial charge on any atom is -0.507 e. The number of nitrogens with one attached hydrogen (secondary N) is 2. The van der Waals surface area contributed by atoms with E-state index in [4.69, 9.17) is 24.2 Å². The third kappa shape index (κ3) is 11.7. The fourth-order valence-corrected chi connectivity index (χ4v) is 10.4. The first-order valence-corrected chi connectivity index (χ1v) is 25.3. The van der Waals surface area contributed by atoms with Crippen LogP contribution in [0.4, 0.5) is 5.69 Å². The minimum atomic E-state index is -1.90. The number of fused-ring (bicyclic) bond motifs is 13. The Balaban J connectivity index is 1.03. The molecule has 6 aliphatic heterocycles. The normalized spacial score (nSPS) is 26.1. The van der Waals surface area contributed by atoms with Crippen LogP contribution in [0, 0.1) is 18.8 Å². The summed E-state index contributed by atoms with van der Waals surface area (Å²) in [7, 11) is 0. The number of esters is 1. The van der Waals surface area contributed by atoms with Gasteiger partial charge in [0.15, 0.2) is 11.4 Å². The van der Waals surface area contributed by atoms with Gasteiger partial charge in [0.25, 0.3) is 11.7 Å². The molecule has 16 nitrogen and oxygen atoms in total. The molecule has 2 saturated heterocycles. The molecule has 3 aromatic carbocycles. The van der Waals surface area contributed by atoms with Gasteiger partial charge in [-0.1, -0.05) is 69.3 Å². The van der Waals surface area contributed by atoms with Crippen LogP contribution < -0.4 is 26.1 Å². The molecule has 380 valence electrons. The number of carbonyl (C=O) groups is 4. The SMILES string of the molecule is C/C1=C/C=C/[C@H](C)CC[C@@H](O)C[C@H](OC(=O)CC(=O)NC2CCN(Cc3ccccc3)CC2)CC/C=C/OC2(C)Oc3c(C)c(O)c4c(O)c(c5c(c4c3C2=O)=NC2(CCN(CC(C)C)CC2)N=5)NC1=O. The molecule has 5 bridgehead atoms. The first kappa shape index (κ1) is 51.3. The lowest BCUT2D eigenvalue weighted by molar-refractivity contribution is -0.153. The fraction of sp³-hybridized carbons (Fsp3) is 0.527. The molecule has 6 aliphatic rings. The van der Waals surface area contributed by atoms with Gasteiger partial charge in [-0.2, -0.15) is 0 Å². The Morgan fingerprint density at radius 1 is 0.944 bits per heavy atom. The van der Waals surface area contributed by atoms with E-state index in [1.807, 2.05) is 31.2 Å². The zero-order valence-corrected chi connectivity index (χ0v) is 42.0. The second kappa shape index (κ2) is 21.7. The zero-order chi connectivity index (χ0) is 50.6. The Morgan fingerprint density at radius 2 is 1.66 bits per heavy atom. The highest BCUT2D eigenvalue weighted by molar-refractivity contribution is 6.19. The number of phenolic OH excluding ortho intramolecular Hbond substituents is 2. The molecule has 2 fully saturated rings. The van der Waals surface area contributed by atoms with Gasteiger partial charge in [0.1, 0.15) is 35.1 Å². The number of hydrogen-bond acceptors (Lipinski definition) is 14. The van der Waals surface area contributed by atoms with Crippen molar-refractivity contribution in [2.75, 3.05) is 38.0 Å². The number of ether oxygens (including phenoxy) is 3. The van der Waals surface area contributed by atoms with Crippen LogP contribution in [0.3, 0.4) is 0 Å². The Morgan fingerprint density at radius 3 is 2.38 bits per heavy atom. The molecule has 4 atom stereocenters. The van der Waals surface area contributed by atoms with Gasteiger partial charge in [0.2, 0.25) is 5.91 Å². The average molecular weight is 975 g/mol. The monoisotopic (exact) mass is 975 g/mol. The summed E-state index contributed by atoms with van der Waals surface area (Å²) in [6, 6.07) is 10.2. The number of aliphatic hydroxyl groups is 1. The highest BCUT2D eigenvalue weighted by Crippen LogP contribution is 2.50. The van der Waals surface area contributed by atoms with Gasteiger partial charge in [-0.3, -0.25) is 34.1 Å². The maximum atomic E-state index is 14.7. The molecule has 1 unspecified atom stereocenters. The minimum absolute atomic E-state index is 0.00710. The van der Waals surface area contributed by atoms with Crippen molar-refractivity contribution in [3.05, 3.63) is 93.9 Å². The van der Waals surface area contributed by atoms with Crippen molar-refractivity contribution in [3.63, 3.8) is 0 Å². The number of aliphatic hydroxyl groups excluding tert-OH is 1. The van der Waals surface area contributed by atoms with E-state index in [-0.39, 0.29) is 74.6 Å². The van der Waals surface area contributed by atoms with E-state index in [9.17, 15) is 34.5 Å². The predicted octanol–water partition coefficient (Wildman–Crippen LogP) is 6.57. The van der Waals surface area contributed by atoms with Gasteiger partial charge in [-0.05, 0) is 75.8 Å². The fourth-order valence-electron chi connectivity index (χ4n) is 10.4. The van der Waals surface area contributed by atoms with Crippen LogP contribution in [0.25, 0.3) is 10.8 Å². The number of rotatable bonds is 8. The predicted molar refractivity (Wildman–Crippen MR) is 268 cm³/mol. The van der Waals surface area contributed by atoms with Crippen LogP contribution in [0.5, 0.6) is 17.2 Å². The van der Waals surface area contributed by atoms with E-state index in [2.05, 4.69) is 46.4 Å². The molecule has 0 aromatic heterocycles. The third-order valence-corrected chi connectivity index (χ3v) is 14.4. The summed E-state index contributed by atoms with van der Waals surface area (Å²) >= 11 is 0. The number of likely N-dealkylation sites (tertiary alicyclic amines) is 2. The van der Waals surface area contributed by atoms with Crippen molar-refractivity contribution in [2.24, 2.45) is 21.8 Å². The van der Waals surface area contributed by atoms with Gasteiger partial charge in [0.05, 0.1) is 28.7 Å². The number of hydrogen-bond donors (Lipinski definition) is 5. The molecule has 0 saturated carbocycles. The molecule has 6 heterocycles. The van der Waals surface area contributed by atoms with Crippen LogP contribution in [-0.2, 0) is 30.4 Å². The largest absolute Gasteiger partial charge is 0.507 e. The number of phenols is 2. The maximum absolute atomic E-state index is 14.7. The van der Waals surface area contributed by atoms with Crippen molar-refractivity contribution in [1.29, 1.82) is 0 Å². The van der Waals surface area contributed by atoms with E-state index in [1.165, 1.54) is 18.7 Å². The molecule has 16 heteroatoms. The summed E-state index contributed by atoms with van der Waals surface area (Å²) < 4.78 is 18.3. The first-order chi connectivity index (χ1) is 33.9. The highest BCUT2D eigenvalue weighted by Gasteiger charge is 2.50. The molecule has 5 N–H and O–H groups in total. The summed E-state index contributed by atoms with van der Waals surface area (Å²) in [5.41, 5.74) is 0.853. The van der Waals surface area contributed by atoms with Crippen LogP contribution >= 0.6 is 0 Å². The van der Waals surface area contributed by atoms with Crippen molar-refractivity contribution < 1.29 is 48.7 Å². The van der Waals surface area contributed by atoms with Gasteiger partial charge in [-0.25, -0.2) is 0 Å². The van der Waals surface area contributed by atoms with Gasteiger partial charge in [0, 0.05) is 88.0 Å². The third-order valence-electron chi connectivity index (χ3n) is 14.4. The molecular formula is C55H70N6O10. The lowest BCUT2D eigenvalue weighted by atomic mass is 9.93. The van der Waals surface area contributed by atoms with Gasteiger partial charge >= 0.3 is 11.8 Å². The molecule has 0 aliphatic carbocycles. The summed E-state index contributed by atoms with van der Waals surface area (Å²) in [5.74, 6) is -4.35. The number of nitrogens with zero attached hydrogens (tertiary/aromatic N) is 4. The Kier molecular flexibility index (Phi) is 15.7. The van der Waals surface area contributed by atoms with Crippen molar-refractivity contribution in [1.82, 2.24) is 15.1 Å². The Labute approximate surface area is 415 Å². The highest BCUT2D eigenvalue weighted by atomic mass is 16.7. The number of amides is 2. The number of Topliss-reactive ketones (excluding diaryl/α,β-unsaturated/α-hetero) is 1. The number of anilines is 1. The van der Waals surface area contributed by atoms with Crippen LogP contribution in [0.1, 0.15) is 120 Å². The van der Waals surface area contributed by atoms with Gasteiger partial charge in [-0.15, -0.1) is 0 Å². The van der Waals surface area contributed by atoms with Crippen LogP contribution in [-0.4, -0.2) is 111 Å². The molecule has 3 aromatic rings. The number of carbonyl (C=O) groups excluding carboxylic acids is 4. The summed E-state index contributed by atoms with van der Waals surface area (Å²) in [5, 5.41) is 41.7. The lowest BCUT2D eigenvalue weighted by Gasteiger charge is -2.36. The maximum Gasteiger partial charge on any atom is 0.315 e. The lowest BCUT2D eigenvalue weighted by Crippen LogP contribution is -2.44. The van der Waals surface area contributed by atoms with Crippen LogP contribution in [0.2, 0.25) is 0 Å². The number of piperidine rings is 2. The summed E-state index contributed by atoms with van der Waals surface area (Å²) in [4.78, 5) is 70.1. The first-order valence-electron chi connectivity index (χ1n) is 25.3. The molecular weight excluding hydrogens is 905 g/mol. The van der Waals surface area contributed by atoms with E-state index in [1.54, 1.807) is 32.1 Å². The number of ketones is 1. The van der Waals surface area contributed by atoms with Gasteiger partial charge < -0.3 is 45.1 Å². The van der Waals surface area contributed by atoms with Crippen molar-refractivity contribution in [2.45, 2.75) is 142 Å². The zero-order valence-electron chi connectivity index (χ0n) is 42.0. The second-order valence-corrected chi connectivity index (χ2v) is 20.7. The second-order valence-electron chi connectivity index (χ2n) is 20.7. The quantitative estimate of drug-likeness (QED) is 0.0923. The molecule has 1 spiro atoms. The summed E-state index contributed by atoms with van der Waals surface area (Å²) in [6.07, 6.45) is 10.7. The Bertz CT molecular complexity index is 2740. The molecule has 71 heavy (non-hydrogen) atoms. The van der Waals surface area contributed by atoms with E-state index in [0.717, 1.165) is 52.1 Å². The topological polar surface area (TPSA) is 212 Å². The van der Waals surface area contributed by atoms with Crippen LogP contribution in [0.15, 0.2) is 76.5 Å². The number of aromatic hydroxyl groups is 2. The van der Waals surface area contributed by atoms with E-state index >= 15 is 0 Å². The molecule has 0 radical (unpaired) electrons. The average Bonchev–Trinajstić information content (AvgIpc) is 3.83. The Hall–Kier alpha value is -6.10. The van der Waals surface area contributed by atoms with Crippen molar-refractivity contribution in [3.8, 4) is 17.2 Å². The smallest absolute Gasteiger partial charge is 0.315 e. The summed E-state index contributed by atoms with van der Waals surface area (Å²) in [6.45, 7) is 15.9. The standard InChI is InChI=1S/C55H70N6O10/c1-33(2)31-61-26-22-55(23-27-61)58-46-43-44-49(65)36(5)51-45(43)52(67)54(6,71-51)69-28-11-10-17-40(70-42(64)30-41(63)56-38-20-24-60(25-21-38)32-37-15-8-7-9-16-37)29-39(62)19-18-34(3)13-12-14-35(4)53(68)57-48(50(44)66)47(46)59-55/h7-9,11-16,28,33-34,38-40,62,65-66H,10,17-27,29-32H2,1-6H3,(H,56,63)(H,57,68)/b13-12+,28-11+,35-14-/t34-,39+,40+,54?/m0/s1. The van der Waals surface area contributed by atoms with E-state index < -0.39 is 59.4 Å². The molecule has 9 rings (SSSR count). The van der Waals surface area contributed by atoms with E-state index in [0.29, 0.717) is 43.6 Å². The van der Waals surface area contributed by atoms with Crippen molar-refractivity contribution >= 4 is 40.0 Å². The molecule has 2 amide bonds.